The summed E-state index contributed by atoms with van der Waals surface area (Å²) < 4.78 is 8.15. The van der Waals surface area contributed by atoms with Gasteiger partial charge in [-0.2, -0.15) is 0 Å². The third kappa shape index (κ3) is 3.94. The topological polar surface area (TPSA) is 86.2 Å². The van der Waals surface area contributed by atoms with Gasteiger partial charge >= 0.3 is 11.2 Å². The summed E-state index contributed by atoms with van der Waals surface area (Å²) in [6.45, 7) is 5.53. The number of aryl methyl sites for hydroxylation is 3. The van der Waals surface area contributed by atoms with Gasteiger partial charge in [-0.15, -0.1) is 0 Å². The number of nitrogens with zero attached hydrogens (tertiary/aromatic N) is 2. The number of carbonyl (C=O) groups excluding carboxylic acids is 1. The lowest BCUT2D eigenvalue weighted by atomic mass is 10.1. The molecular formula is C27H22ClN3O4. The van der Waals surface area contributed by atoms with Crippen LogP contribution < -0.4 is 16.6 Å². The second-order valence-electron chi connectivity index (χ2n) is 8.58. The molecule has 2 aromatic heterocycles. The molecule has 0 saturated carbocycles. The average molecular weight is 488 g/mol. The molecule has 0 unspecified atom stereocenters. The zero-order chi connectivity index (χ0) is 24.9. The molecule has 1 amide bonds. The van der Waals surface area contributed by atoms with Gasteiger partial charge in [0.1, 0.15) is 17.6 Å². The minimum absolute atomic E-state index is 0.00347. The fraction of sp³-hybridized carbons (Fsp3) is 0.148. The van der Waals surface area contributed by atoms with E-state index in [1.807, 2.05) is 32.9 Å². The van der Waals surface area contributed by atoms with Gasteiger partial charge in [-0.1, -0.05) is 41.4 Å². The molecular weight excluding hydrogens is 466 g/mol. The van der Waals surface area contributed by atoms with Gasteiger partial charge in [0.25, 0.3) is 0 Å². The second-order valence-corrected chi connectivity index (χ2v) is 9.02. The molecule has 7 nitrogen and oxygen atoms in total. The number of furan rings is 1. The van der Waals surface area contributed by atoms with Gasteiger partial charge in [0.15, 0.2) is 0 Å². The molecule has 176 valence electrons. The molecule has 5 aromatic rings. The predicted octanol–water partition coefficient (Wildman–Crippen LogP) is 5.12. The summed E-state index contributed by atoms with van der Waals surface area (Å²) in [6.07, 6.45) is 0. The molecule has 0 bridgehead atoms. The number of anilines is 1. The molecule has 3 aromatic carbocycles. The molecule has 0 fully saturated rings. The molecule has 8 heteroatoms. The summed E-state index contributed by atoms with van der Waals surface area (Å²) in [4.78, 5) is 40.2. The Morgan fingerprint density at radius 2 is 1.63 bits per heavy atom. The molecule has 0 aliphatic rings. The lowest BCUT2D eigenvalue weighted by molar-refractivity contribution is -0.116. The summed E-state index contributed by atoms with van der Waals surface area (Å²) in [5, 5.41) is 3.98. The minimum atomic E-state index is -0.649. The van der Waals surface area contributed by atoms with E-state index in [9.17, 15) is 14.4 Å². The summed E-state index contributed by atoms with van der Waals surface area (Å²) in [6, 6.07) is 17.3. The molecule has 2 heterocycles. The van der Waals surface area contributed by atoms with Crippen molar-refractivity contribution in [1.29, 1.82) is 0 Å². The average Bonchev–Trinajstić information content (AvgIpc) is 3.20. The maximum absolute atomic E-state index is 13.7. The van der Waals surface area contributed by atoms with Crippen LogP contribution >= 0.6 is 11.6 Å². The first-order chi connectivity index (χ1) is 16.7. The van der Waals surface area contributed by atoms with E-state index in [4.69, 9.17) is 16.0 Å². The van der Waals surface area contributed by atoms with Gasteiger partial charge in [-0.3, -0.25) is 14.2 Å². The summed E-state index contributed by atoms with van der Waals surface area (Å²) >= 11 is 6.00. The lowest BCUT2D eigenvalue weighted by Crippen LogP contribution is -2.40. The van der Waals surface area contributed by atoms with Crippen molar-refractivity contribution in [2.45, 2.75) is 27.3 Å². The monoisotopic (exact) mass is 487 g/mol. The van der Waals surface area contributed by atoms with Gasteiger partial charge in [-0.05, 0) is 68.3 Å². The van der Waals surface area contributed by atoms with Crippen LogP contribution in [0.1, 0.15) is 16.7 Å². The van der Waals surface area contributed by atoms with Crippen molar-refractivity contribution in [3.63, 3.8) is 0 Å². The Hall–Kier alpha value is -4.10. The van der Waals surface area contributed by atoms with E-state index in [1.54, 1.807) is 48.5 Å². The standard InChI is InChI=1S/C27H22ClN3O4/c1-15-12-16(2)23(17(3)13-15)29-22(32)14-30-24-20-6-4-5-7-21(20)35-25(24)26(33)31(27(30)34)19-10-8-18(28)9-11-19/h4-13H,14H2,1-3H3,(H,29,32). The number of nitrogens with one attached hydrogen (secondary N) is 1. The number of rotatable bonds is 4. The second kappa shape index (κ2) is 8.60. The number of hydrogen-bond acceptors (Lipinski definition) is 4. The fourth-order valence-corrected chi connectivity index (χ4v) is 4.64. The van der Waals surface area contributed by atoms with Crippen molar-refractivity contribution in [3.05, 3.63) is 103 Å². The number of halogens is 1. The number of amides is 1. The van der Waals surface area contributed by atoms with Crippen molar-refractivity contribution in [3.8, 4) is 5.69 Å². The number of benzene rings is 3. The van der Waals surface area contributed by atoms with Crippen molar-refractivity contribution in [2.75, 3.05) is 5.32 Å². The Morgan fingerprint density at radius 1 is 0.971 bits per heavy atom. The summed E-state index contributed by atoms with van der Waals surface area (Å²) in [5.41, 5.74) is 3.45. The highest BCUT2D eigenvalue weighted by molar-refractivity contribution is 6.30. The van der Waals surface area contributed by atoms with E-state index in [-0.39, 0.29) is 17.6 Å². The first-order valence-electron chi connectivity index (χ1n) is 11.1. The molecule has 0 spiro atoms. The smallest absolute Gasteiger partial charge is 0.336 e. The molecule has 0 aliphatic carbocycles. The zero-order valence-corrected chi connectivity index (χ0v) is 20.1. The molecule has 35 heavy (non-hydrogen) atoms. The van der Waals surface area contributed by atoms with Crippen LogP contribution in [0.25, 0.3) is 27.8 Å². The van der Waals surface area contributed by atoms with E-state index in [0.29, 0.717) is 27.4 Å². The van der Waals surface area contributed by atoms with Gasteiger partial charge in [-0.25, -0.2) is 9.36 Å². The van der Waals surface area contributed by atoms with E-state index >= 15 is 0 Å². The number of para-hydroxylation sites is 1. The van der Waals surface area contributed by atoms with Gasteiger partial charge in [0.05, 0.1) is 5.69 Å². The minimum Gasteiger partial charge on any atom is -0.449 e. The molecule has 0 atom stereocenters. The normalized spacial score (nSPS) is 11.3. The molecule has 5 rings (SSSR count). The van der Waals surface area contributed by atoms with E-state index in [0.717, 1.165) is 21.3 Å². The van der Waals surface area contributed by atoms with Crippen LogP contribution in [-0.2, 0) is 11.3 Å². The van der Waals surface area contributed by atoms with Crippen molar-refractivity contribution < 1.29 is 9.21 Å². The van der Waals surface area contributed by atoms with Crippen LogP contribution in [-0.4, -0.2) is 15.0 Å². The van der Waals surface area contributed by atoms with Crippen LogP contribution in [0, 0.1) is 20.8 Å². The largest absolute Gasteiger partial charge is 0.449 e. The third-order valence-corrected chi connectivity index (χ3v) is 6.24. The Labute approximate surface area is 205 Å². The number of aromatic nitrogens is 2. The first-order valence-corrected chi connectivity index (χ1v) is 11.4. The molecule has 0 aliphatic heterocycles. The van der Waals surface area contributed by atoms with E-state index < -0.39 is 17.2 Å². The third-order valence-electron chi connectivity index (χ3n) is 5.99. The molecule has 0 radical (unpaired) electrons. The van der Waals surface area contributed by atoms with Crippen LogP contribution in [0.15, 0.2) is 74.7 Å². The molecule has 1 N–H and O–H groups in total. The predicted molar refractivity (Wildman–Crippen MR) is 138 cm³/mol. The lowest BCUT2D eigenvalue weighted by Gasteiger charge is -2.15. The highest BCUT2D eigenvalue weighted by Gasteiger charge is 2.22. The highest BCUT2D eigenvalue weighted by atomic mass is 35.5. The van der Waals surface area contributed by atoms with Crippen molar-refractivity contribution in [1.82, 2.24) is 9.13 Å². The van der Waals surface area contributed by atoms with Gasteiger partial charge in [0, 0.05) is 16.1 Å². The Bertz CT molecular complexity index is 1720. The summed E-state index contributed by atoms with van der Waals surface area (Å²) in [5.74, 6) is -0.393. The molecule has 0 saturated heterocycles. The maximum Gasteiger partial charge on any atom is 0.336 e. The SMILES string of the molecule is Cc1cc(C)c(NC(=O)Cn2c(=O)n(-c3ccc(Cl)cc3)c(=O)c3oc4ccccc4c32)c(C)c1. The van der Waals surface area contributed by atoms with Gasteiger partial charge < -0.3 is 9.73 Å². The maximum atomic E-state index is 13.7. The number of carbonyl (C=O) groups is 1. The Morgan fingerprint density at radius 3 is 2.31 bits per heavy atom. The van der Waals surface area contributed by atoms with Crippen LogP contribution in [0.5, 0.6) is 0 Å². The van der Waals surface area contributed by atoms with E-state index in [2.05, 4.69) is 5.32 Å². The fourth-order valence-electron chi connectivity index (χ4n) is 4.51. The van der Waals surface area contributed by atoms with Gasteiger partial charge in [0.2, 0.25) is 11.5 Å². The Balaban J connectivity index is 1.70. The number of fused-ring (bicyclic) bond motifs is 3. The van der Waals surface area contributed by atoms with Crippen LogP contribution in [0.3, 0.4) is 0 Å². The highest BCUT2D eigenvalue weighted by Crippen LogP contribution is 2.26. The quantitative estimate of drug-likeness (QED) is 0.381. The number of hydrogen-bond donors (Lipinski definition) is 1. The summed E-state index contributed by atoms with van der Waals surface area (Å²) in [7, 11) is 0. The van der Waals surface area contributed by atoms with Crippen LogP contribution in [0.4, 0.5) is 5.69 Å². The van der Waals surface area contributed by atoms with E-state index in [1.165, 1.54) is 4.57 Å². The van der Waals surface area contributed by atoms with Crippen molar-refractivity contribution in [2.24, 2.45) is 0 Å². The Kier molecular flexibility index (Phi) is 5.57. The van der Waals surface area contributed by atoms with Crippen molar-refractivity contribution >= 4 is 45.3 Å². The zero-order valence-electron chi connectivity index (χ0n) is 19.4. The van der Waals surface area contributed by atoms with Crippen LogP contribution in [0.2, 0.25) is 5.02 Å². The first kappa shape index (κ1) is 22.7.